The Balaban J connectivity index is 3.01. The lowest BCUT2D eigenvalue weighted by Crippen LogP contribution is -1.75. The van der Waals surface area contributed by atoms with Crippen LogP contribution in [0.15, 0.2) is 28.7 Å². The molecular formula is C9H6BrClO. The summed E-state index contributed by atoms with van der Waals surface area (Å²) in [4.78, 5) is 10.0. The van der Waals surface area contributed by atoms with Gasteiger partial charge in [-0.1, -0.05) is 39.7 Å². The molecule has 3 heteroatoms. The Labute approximate surface area is 84.2 Å². The zero-order chi connectivity index (χ0) is 8.97. The van der Waals surface area contributed by atoms with Gasteiger partial charge in [-0.05, 0) is 23.8 Å². The maximum Gasteiger partial charge on any atom is 0.142 e. The van der Waals surface area contributed by atoms with E-state index in [1.165, 1.54) is 6.08 Å². The van der Waals surface area contributed by atoms with Crippen LogP contribution in [0.4, 0.5) is 0 Å². The van der Waals surface area contributed by atoms with Gasteiger partial charge < -0.3 is 0 Å². The summed E-state index contributed by atoms with van der Waals surface area (Å²) < 4.78 is 0.883. The third-order valence-electron chi connectivity index (χ3n) is 1.32. The second kappa shape index (κ2) is 4.43. The predicted octanol–water partition coefficient (Wildman–Crippen LogP) is 3.31. The van der Waals surface area contributed by atoms with Crippen LogP contribution in [0, 0.1) is 0 Å². The van der Waals surface area contributed by atoms with Crippen molar-refractivity contribution in [2.24, 2.45) is 0 Å². The molecule has 0 saturated carbocycles. The topological polar surface area (TPSA) is 17.1 Å². The van der Waals surface area contributed by atoms with Crippen molar-refractivity contribution in [2.45, 2.75) is 0 Å². The standard InChI is InChI=1S/C9H6BrClO/c10-9-6-8(11)4-3-7(9)2-1-5-12/h1-6H. The second-order valence-corrected chi connectivity index (χ2v) is 3.45. The van der Waals surface area contributed by atoms with Gasteiger partial charge in [0.05, 0.1) is 0 Å². The zero-order valence-electron chi connectivity index (χ0n) is 6.13. The van der Waals surface area contributed by atoms with Gasteiger partial charge in [0.2, 0.25) is 0 Å². The third kappa shape index (κ3) is 2.47. The van der Waals surface area contributed by atoms with Crippen molar-refractivity contribution in [3.8, 4) is 0 Å². The molecule has 0 atom stereocenters. The average molecular weight is 246 g/mol. The van der Waals surface area contributed by atoms with E-state index in [4.69, 9.17) is 11.6 Å². The SMILES string of the molecule is O=CC=Cc1ccc(Cl)cc1Br. The highest BCUT2D eigenvalue weighted by Crippen LogP contribution is 2.22. The molecule has 0 amide bonds. The molecule has 0 saturated heterocycles. The molecule has 0 aliphatic rings. The van der Waals surface area contributed by atoms with E-state index >= 15 is 0 Å². The quantitative estimate of drug-likeness (QED) is 0.577. The first kappa shape index (κ1) is 9.49. The van der Waals surface area contributed by atoms with Crippen LogP contribution in [-0.2, 0) is 4.79 Å². The molecule has 0 aliphatic carbocycles. The molecule has 0 N–H and O–H groups in total. The van der Waals surface area contributed by atoms with Crippen LogP contribution in [0.2, 0.25) is 5.02 Å². The molecule has 0 fully saturated rings. The largest absolute Gasteiger partial charge is 0.299 e. The molecule has 0 unspecified atom stereocenters. The molecule has 0 bridgehead atoms. The number of benzene rings is 1. The Bertz CT molecular complexity index is 320. The third-order valence-corrected chi connectivity index (χ3v) is 2.24. The van der Waals surface area contributed by atoms with Crippen LogP contribution >= 0.6 is 27.5 Å². The number of hydrogen-bond donors (Lipinski definition) is 0. The fourth-order valence-corrected chi connectivity index (χ4v) is 1.59. The van der Waals surface area contributed by atoms with E-state index in [-0.39, 0.29) is 0 Å². The Morgan fingerprint density at radius 3 is 2.75 bits per heavy atom. The smallest absolute Gasteiger partial charge is 0.142 e. The minimum absolute atomic E-state index is 0.671. The van der Waals surface area contributed by atoms with Gasteiger partial charge in [-0.25, -0.2) is 0 Å². The summed E-state index contributed by atoms with van der Waals surface area (Å²) in [7, 11) is 0. The summed E-state index contributed by atoms with van der Waals surface area (Å²) >= 11 is 9.05. The van der Waals surface area contributed by atoms with Crippen molar-refractivity contribution in [1.82, 2.24) is 0 Å². The van der Waals surface area contributed by atoms with E-state index in [0.717, 1.165) is 16.3 Å². The maximum absolute atomic E-state index is 10.0. The van der Waals surface area contributed by atoms with Crippen molar-refractivity contribution < 1.29 is 4.79 Å². The van der Waals surface area contributed by atoms with Crippen LogP contribution in [0.5, 0.6) is 0 Å². The number of carbonyl (C=O) groups excluding carboxylic acids is 1. The summed E-state index contributed by atoms with van der Waals surface area (Å²) in [6.07, 6.45) is 3.89. The van der Waals surface area contributed by atoms with Gasteiger partial charge in [-0.2, -0.15) is 0 Å². The number of halogens is 2. The number of carbonyl (C=O) groups is 1. The molecule has 12 heavy (non-hydrogen) atoms. The van der Waals surface area contributed by atoms with Gasteiger partial charge in [0.15, 0.2) is 0 Å². The van der Waals surface area contributed by atoms with Gasteiger partial charge >= 0.3 is 0 Å². The van der Waals surface area contributed by atoms with Crippen LogP contribution < -0.4 is 0 Å². The molecule has 62 valence electrons. The molecule has 0 spiro atoms. The van der Waals surface area contributed by atoms with Gasteiger partial charge in [0, 0.05) is 9.50 Å². The lowest BCUT2D eigenvalue weighted by Gasteiger charge is -1.97. The highest BCUT2D eigenvalue weighted by molar-refractivity contribution is 9.10. The van der Waals surface area contributed by atoms with E-state index in [1.807, 2.05) is 6.07 Å². The minimum atomic E-state index is 0.671. The minimum Gasteiger partial charge on any atom is -0.299 e. The van der Waals surface area contributed by atoms with Gasteiger partial charge in [0.1, 0.15) is 6.29 Å². The van der Waals surface area contributed by atoms with Crippen molar-refractivity contribution in [3.05, 3.63) is 39.3 Å². The van der Waals surface area contributed by atoms with Crippen LogP contribution in [-0.4, -0.2) is 6.29 Å². The number of allylic oxidation sites excluding steroid dienone is 1. The van der Waals surface area contributed by atoms with Crippen LogP contribution in [0.3, 0.4) is 0 Å². The van der Waals surface area contributed by atoms with Crippen molar-refractivity contribution in [1.29, 1.82) is 0 Å². The van der Waals surface area contributed by atoms with Crippen molar-refractivity contribution >= 4 is 39.9 Å². The molecule has 0 radical (unpaired) electrons. The van der Waals surface area contributed by atoms with E-state index < -0.39 is 0 Å². The molecule has 1 rings (SSSR count). The number of rotatable bonds is 2. The molecule has 0 aliphatic heterocycles. The Morgan fingerprint density at radius 2 is 2.17 bits per heavy atom. The molecule has 1 aromatic carbocycles. The van der Waals surface area contributed by atoms with Gasteiger partial charge in [-0.15, -0.1) is 0 Å². The fraction of sp³-hybridized carbons (Fsp3) is 0. The van der Waals surface area contributed by atoms with E-state index in [2.05, 4.69) is 15.9 Å². The first-order valence-electron chi connectivity index (χ1n) is 3.31. The van der Waals surface area contributed by atoms with Crippen molar-refractivity contribution in [3.63, 3.8) is 0 Å². The van der Waals surface area contributed by atoms with E-state index in [0.29, 0.717) is 5.02 Å². The molecule has 0 aromatic heterocycles. The Kier molecular flexibility index (Phi) is 3.50. The molecule has 1 nitrogen and oxygen atoms in total. The maximum atomic E-state index is 10.0. The normalized spacial score (nSPS) is 10.5. The monoisotopic (exact) mass is 244 g/mol. The van der Waals surface area contributed by atoms with E-state index in [9.17, 15) is 4.79 Å². The highest BCUT2D eigenvalue weighted by atomic mass is 79.9. The highest BCUT2D eigenvalue weighted by Gasteiger charge is 1.95. The summed E-state index contributed by atoms with van der Waals surface area (Å²) in [5, 5.41) is 0.671. The van der Waals surface area contributed by atoms with Gasteiger partial charge in [-0.3, -0.25) is 4.79 Å². The van der Waals surface area contributed by atoms with Crippen LogP contribution in [0.1, 0.15) is 5.56 Å². The second-order valence-electron chi connectivity index (χ2n) is 2.16. The molecule has 0 heterocycles. The zero-order valence-corrected chi connectivity index (χ0v) is 8.47. The number of hydrogen-bond acceptors (Lipinski definition) is 1. The lowest BCUT2D eigenvalue weighted by molar-refractivity contribution is -0.104. The Hall–Kier alpha value is -0.600. The number of aldehydes is 1. The van der Waals surface area contributed by atoms with E-state index in [1.54, 1.807) is 18.2 Å². The summed E-state index contributed by atoms with van der Waals surface area (Å²) in [6.45, 7) is 0. The molecular weight excluding hydrogens is 239 g/mol. The first-order chi connectivity index (χ1) is 5.74. The fourth-order valence-electron chi connectivity index (χ4n) is 0.780. The summed E-state index contributed by atoms with van der Waals surface area (Å²) in [6, 6.07) is 5.40. The van der Waals surface area contributed by atoms with Gasteiger partial charge in [0.25, 0.3) is 0 Å². The summed E-state index contributed by atoms with van der Waals surface area (Å²) in [5.41, 5.74) is 0.937. The first-order valence-corrected chi connectivity index (χ1v) is 4.48. The predicted molar refractivity (Wildman–Crippen MR) is 54.3 cm³/mol. The molecule has 1 aromatic rings. The van der Waals surface area contributed by atoms with Crippen molar-refractivity contribution in [2.75, 3.05) is 0 Å². The lowest BCUT2D eigenvalue weighted by atomic mass is 10.2. The summed E-state index contributed by atoms with van der Waals surface area (Å²) in [5.74, 6) is 0. The average Bonchev–Trinajstić information content (AvgIpc) is 2.03. The van der Waals surface area contributed by atoms with Crippen LogP contribution in [0.25, 0.3) is 6.08 Å². The Morgan fingerprint density at radius 1 is 1.42 bits per heavy atom.